The number of hydrogen-bond donors (Lipinski definition) is 1. The largest absolute Gasteiger partial charge is 0.385 e. The minimum atomic E-state index is 0.461. The summed E-state index contributed by atoms with van der Waals surface area (Å²) in [7, 11) is 1.70. The third kappa shape index (κ3) is 3.53. The topological polar surface area (TPSA) is 62.3 Å². The Labute approximate surface area is 113 Å². The van der Waals surface area contributed by atoms with Crippen molar-refractivity contribution in [1.82, 2.24) is 9.78 Å². The molecule has 0 bridgehead atoms. The van der Waals surface area contributed by atoms with E-state index in [-0.39, 0.29) is 0 Å². The Morgan fingerprint density at radius 3 is 2.84 bits per heavy atom. The Kier molecular flexibility index (Phi) is 5.32. The second kappa shape index (κ2) is 7.23. The van der Waals surface area contributed by atoms with Gasteiger partial charge < -0.3 is 15.2 Å². The van der Waals surface area contributed by atoms with Crippen LogP contribution in [0.5, 0.6) is 0 Å². The molecule has 5 heteroatoms. The number of hydrogen-bond acceptors (Lipinski definition) is 4. The van der Waals surface area contributed by atoms with E-state index < -0.39 is 0 Å². The van der Waals surface area contributed by atoms with Gasteiger partial charge in [0, 0.05) is 32.3 Å². The van der Waals surface area contributed by atoms with E-state index in [1.54, 1.807) is 7.11 Å². The molecule has 0 aliphatic heterocycles. The molecule has 0 saturated heterocycles. The molecule has 2 aromatic rings. The summed E-state index contributed by atoms with van der Waals surface area (Å²) in [5, 5.41) is 5.66. The third-order valence-corrected chi connectivity index (χ3v) is 3.01. The van der Waals surface area contributed by atoms with E-state index in [2.05, 4.69) is 17.2 Å². The predicted molar refractivity (Wildman–Crippen MR) is 74.9 cm³/mol. The van der Waals surface area contributed by atoms with Gasteiger partial charge in [-0.05, 0) is 12.5 Å². The van der Waals surface area contributed by atoms with Crippen LogP contribution >= 0.6 is 0 Å². The van der Waals surface area contributed by atoms with Crippen LogP contribution in [0, 0.1) is 0 Å². The van der Waals surface area contributed by atoms with Crippen LogP contribution in [0.2, 0.25) is 0 Å². The van der Waals surface area contributed by atoms with Crippen molar-refractivity contribution >= 4 is 10.9 Å². The van der Waals surface area contributed by atoms with Crippen molar-refractivity contribution in [2.24, 2.45) is 5.73 Å². The molecule has 2 N–H and O–H groups in total. The second-order valence-electron chi connectivity index (χ2n) is 4.35. The molecule has 0 saturated carbocycles. The summed E-state index contributed by atoms with van der Waals surface area (Å²) in [6.45, 7) is 3.31. The molecule has 0 spiro atoms. The number of para-hydroxylation sites is 1. The van der Waals surface area contributed by atoms with Gasteiger partial charge in [0.2, 0.25) is 0 Å². The summed E-state index contributed by atoms with van der Waals surface area (Å²) < 4.78 is 12.5. The Hall–Kier alpha value is -1.43. The minimum absolute atomic E-state index is 0.461. The summed E-state index contributed by atoms with van der Waals surface area (Å²) in [5.74, 6) is 0. The number of aromatic nitrogens is 2. The first-order valence-electron chi connectivity index (χ1n) is 6.58. The number of benzene rings is 1. The molecule has 0 aliphatic rings. The lowest BCUT2D eigenvalue weighted by atomic mass is 10.2. The summed E-state index contributed by atoms with van der Waals surface area (Å²) in [4.78, 5) is 0. The molecule has 104 valence electrons. The zero-order valence-electron chi connectivity index (χ0n) is 11.3. The normalized spacial score (nSPS) is 11.3. The van der Waals surface area contributed by atoms with Crippen molar-refractivity contribution in [3.05, 3.63) is 30.0 Å². The van der Waals surface area contributed by atoms with E-state index in [1.165, 1.54) is 0 Å². The average molecular weight is 263 g/mol. The van der Waals surface area contributed by atoms with Gasteiger partial charge in [0.05, 0.1) is 24.4 Å². The second-order valence-corrected chi connectivity index (χ2v) is 4.35. The first-order chi connectivity index (χ1) is 9.36. The Bertz CT molecular complexity index is 510. The van der Waals surface area contributed by atoms with Crippen molar-refractivity contribution < 1.29 is 9.47 Å². The maximum absolute atomic E-state index is 5.72. The smallest absolute Gasteiger partial charge is 0.0839 e. The van der Waals surface area contributed by atoms with Gasteiger partial charge in [-0.1, -0.05) is 18.2 Å². The predicted octanol–water partition coefficient (Wildman–Crippen LogP) is 1.55. The molecule has 0 radical (unpaired) electrons. The standard InChI is InChI=1S/C14H21N3O2/c1-18-8-4-9-19-10-7-17-14-6-3-2-5-12(14)13(11-15)16-17/h2-3,5-6H,4,7-11,15H2,1H3. The van der Waals surface area contributed by atoms with Gasteiger partial charge in [0.1, 0.15) is 0 Å². The highest BCUT2D eigenvalue weighted by Gasteiger charge is 2.07. The van der Waals surface area contributed by atoms with E-state index in [1.807, 2.05) is 16.8 Å². The van der Waals surface area contributed by atoms with Crippen LogP contribution in [0.4, 0.5) is 0 Å². The van der Waals surface area contributed by atoms with E-state index in [0.717, 1.165) is 42.8 Å². The first-order valence-corrected chi connectivity index (χ1v) is 6.58. The van der Waals surface area contributed by atoms with Crippen molar-refractivity contribution in [3.8, 4) is 0 Å². The van der Waals surface area contributed by atoms with Crippen molar-refractivity contribution in [3.63, 3.8) is 0 Å². The lowest BCUT2D eigenvalue weighted by molar-refractivity contribution is 0.0966. The lowest BCUT2D eigenvalue weighted by Gasteiger charge is -2.05. The quantitative estimate of drug-likeness (QED) is 0.734. The van der Waals surface area contributed by atoms with Crippen LogP contribution in [-0.2, 0) is 22.6 Å². The molecular formula is C14H21N3O2. The van der Waals surface area contributed by atoms with Crippen molar-refractivity contribution in [1.29, 1.82) is 0 Å². The van der Waals surface area contributed by atoms with Crippen molar-refractivity contribution in [2.75, 3.05) is 26.9 Å². The minimum Gasteiger partial charge on any atom is -0.385 e. The number of nitrogens with two attached hydrogens (primary N) is 1. The number of rotatable bonds is 8. The lowest BCUT2D eigenvalue weighted by Crippen LogP contribution is -2.09. The average Bonchev–Trinajstić information content (AvgIpc) is 2.81. The van der Waals surface area contributed by atoms with E-state index in [9.17, 15) is 0 Å². The highest BCUT2D eigenvalue weighted by atomic mass is 16.5. The molecule has 1 aromatic carbocycles. The third-order valence-electron chi connectivity index (χ3n) is 3.01. The van der Waals surface area contributed by atoms with Gasteiger partial charge in [0.25, 0.3) is 0 Å². The summed E-state index contributed by atoms with van der Waals surface area (Å²) >= 11 is 0. The van der Waals surface area contributed by atoms with Gasteiger partial charge in [-0.25, -0.2) is 0 Å². The van der Waals surface area contributed by atoms with Crippen LogP contribution in [0.25, 0.3) is 10.9 Å². The Morgan fingerprint density at radius 1 is 1.21 bits per heavy atom. The number of methoxy groups -OCH3 is 1. The van der Waals surface area contributed by atoms with Crippen LogP contribution in [-0.4, -0.2) is 36.7 Å². The molecule has 19 heavy (non-hydrogen) atoms. The maximum atomic E-state index is 5.72. The number of fused-ring (bicyclic) bond motifs is 1. The molecule has 0 fully saturated rings. The van der Waals surface area contributed by atoms with Gasteiger partial charge in [0.15, 0.2) is 0 Å². The number of nitrogens with zero attached hydrogens (tertiary/aromatic N) is 2. The fourth-order valence-electron chi connectivity index (χ4n) is 2.08. The summed E-state index contributed by atoms with van der Waals surface area (Å²) in [5.41, 5.74) is 7.77. The highest BCUT2D eigenvalue weighted by molar-refractivity contribution is 5.81. The van der Waals surface area contributed by atoms with E-state index >= 15 is 0 Å². The fraction of sp³-hybridized carbons (Fsp3) is 0.500. The van der Waals surface area contributed by atoms with Crippen LogP contribution in [0.1, 0.15) is 12.1 Å². The Balaban J connectivity index is 1.93. The molecule has 0 atom stereocenters. The molecular weight excluding hydrogens is 242 g/mol. The van der Waals surface area contributed by atoms with Crippen LogP contribution in [0.15, 0.2) is 24.3 Å². The first kappa shape index (κ1) is 14.0. The van der Waals surface area contributed by atoms with Gasteiger partial charge >= 0.3 is 0 Å². The summed E-state index contributed by atoms with van der Waals surface area (Å²) in [6.07, 6.45) is 0.921. The summed E-state index contributed by atoms with van der Waals surface area (Å²) in [6, 6.07) is 8.14. The maximum Gasteiger partial charge on any atom is 0.0839 e. The molecule has 0 amide bonds. The van der Waals surface area contributed by atoms with Crippen LogP contribution < -0.4 is 5.73 Å². The van der Waals surface area contributed by atoms with Crippen molar-refractivity contribution in [2.45, 2.75) is 19.5 Å². The Morgan fingerprint density at radius 2 is 2.05 bits per heavy atom. The molecule has 2 rings (SSSR count). The van der Waals surface area contributed by atoms with Crippen LogP contribution in [0.3, 0.4) is 0 Å². The molecule has 1 heterocycles. The SMILES string of the molecule is COCCCOCCn1nc(CN)c2ccccc21. The highest BCUT2D eigenvalue weighted by Crippen LogP contribution is 2.17. The molecule has 0 unspecified atom stereocenters. The number of ether oxygens (including phenoxy) is 2. The van der Waals surface area contributed by atoms with Gasteiger partial charge in [-0.15, -0.1) is 0 Å². The monoisotopic (exact) mass is 263 g/mol. The zero-order chi connectivity index (χ0) is 13.5. The van der Waals surface area contributed by atoms with E-state index in [4.69, 9.17) is 15.2 Å². The van der Waals surface area contributed by atoms with Gasteiger partial charge in [-0.3, -0.25) is 4.68 Å². The molecule has 5 nitrogen and oxygen atoms in total. The van der Waals surface area contributed by atoms with E-state index in [0.29, 0.717) is 13.2 Å². The fourth-order valence-corrected chi connectivity index (χ4v) is 2.08. The molecule has 1 aromatic heterocycles. The van der Waals surface area contributed by atoms with Gasteiger partial charge in [-0.2, -0.15) is 5.10 Å². The zero-order valence-corrected chi connectivity index (χ0v) is 11.3. The molecule has 0 aliphatic carbocycles.